The van der Waals surface area contributed by atoms with Gasteiger partial charge in [-0.05, 0) is 38.5 Å². The third-order valence-corrected chi connectivity index (χ3v) is 4.29. The number of hydrogen-bond donors (Lipinski definition) is 1. The Kier molecular flexibility index (Phi) is 3.80. The zero-order chi connectivity index (χ0) is 18.3. The highest BCUT2D eigenvalue weighted by atomic mass is 16.1. The first kappa shape index (κ1) is 16.1. The van der Waals surface area contributed by atoms with Crippen LogP contribution in [-0.4, -0.2) is 19.9 Å². The van der Waals surface area contributed by atoms with Gasteiger partial charge in [0.2, 0.25) is 11.9 Å². The summed E-state index contributed by atoms with van der Waals surface area (Å²) in [5.74, 6) is 0.560. The SMILES string of the molecule is Cc1ccc2c(C)nc(Nc3nc(C)c4ccccc4c(=O)n3)nc2c1. The molecular formula is C20H17N5O. The maximum absolute atomic E-state index is 12.4. The van der Waals surface area contributed by atoms with Gasteiger partial charge in [0.1, 0.15) is 0 Å². The van der Waals surface area contributed by atoms with E-state index in [1.807, 2.05) is 57.2 Å². The summed E-state index contributed by atoms with van der Waals surface area (Å²) in [4.78, 5) is 30.0. The zero-order valence-electron chi connectivity index (χ0n) is 14.7. The molecule has 2 aromatic carbocycles. The van der Waals surface area contributed by atoms with Crippen LogP contribution in [0.1, 0.15) is 17.0 Å². The number of aryl methyl sites for hydroxylation is 3. The molecule has 0 fully saturated rings. The van der Waals surface area contributed by atoms with Gasteiger partial charge < -0.3 is 0 Å². The number of nitrogens with zero attached hydrogens (tertiary/aromatic N) is 4. The second-order valence-electron chi connectivity index (χ2n) is 6.26. The lowest BCUT2D eigenvalue weighted by Crippen LogP contribution is -2.07. The van der Waals surface area contributed by atoms with Crippen molar-refractivity contribution < 1.29 is 0 Å². The number of benzene rings is 2. The van der Waals surface area contributed by atoms with Crippen LogP contribution in [-0.2, 0) is 0 Å². The Morgan fingerprint density at radius 2 is 1.38 bits per heavy atom. The Morgan fingerprint density at radius 3 is 2.15 bits per heavy atom. The molecule has 128 valence electrons. The first-order valence-electron chi connectivity index (χ1n) is 8.31. The molecule has 0 aliphatic rings. The van der Waals surface area contributed by atoms with Gasteiger partial charge in [0.25, 0.3) is 5.56 Å². The van der Waals surface area contributed by atoms with Gasteiger partial charge in [0, 0.05) is 16.5 Å². The van der Waals surface area contributed by atoms with Crippen LogP contribution in [0.25, 0.3) is 21.7 Å². The van der Waals surface area contributed by atoms with Gasteiger partial charge in [0.15, 0.2) is 0 Å². The number of anilines is 2. The third kappa shape index (κ3) is 2.86. The molecule has 2 heterocycles. The minimum absolute atomic E-state index is 0.190. The second kappa shape index (κ2) is 6.15. The fourth-order valence-electron chi connectivity index (χ4n) is 3.00. The van der Waals surface area contributed by atoms with Gasteiger partial charge in [-0.25, -0.2) is 15.0 Å². The molecule has 0 saturated carbocycles. The van der Waals surface area contributed by atoms with Crippen molar-refractivity contribution in [3.63, 3.8) is 0 Å². The lowest BCUT2D eigenvalue weighted by molar-refractivity contribution is 1.09. The van der Waals surface area contributed by atoms with Crippen molar-refractivity contribution in [3.05, 3.63) is 69.8 Å². The van der Waals surface area contributed by atoms with E-state index in [9.17, 15) is 4.79 Å². The molecule has 0 aliphatic heterocycles. The van der Waals surface area contributed by atoms with E-state index >= 15 is 0 Å². The highest BCUT2D eigenvalue weighted by molar-refractivity contribution is 5.84. The van der Waals surface area contributed by atoms with E-state index < -0.39 is 0 Å². The summed E-state index contributed by atoms with van der Waals surface area (Å²) in [5, 5.41) is 5.30. The predicted molar refractivity (Wildman–Crippen MR) is 103 cm³/mol. The van der Waals surface area contributed by atoms with Crippen molar-refractivity contribution in [2.75, 3.05) is 5.32 Å². The van der Waals surface area contributed by atoms with Crippen molar-refractivity contribution in [2.24, 2.45) is 0 Å². The Balaban J connectivity index is 1.85. The maximum atomic E-state index is 12.4. The van der Waals surface area contributed by atoms with Crippen LogP contribution in [0.3, 0.4) is 0 Å². The van der Waals surface area contributed by atoms with Crippen LogP contribution in [0.2, 0.25) is 0 Å². The number of rotatable bonds is 2. The Labute approximate surface area is 150 Å². The Hall–Kier alpha value is -3.41. The van der Waals surface area contributed by atoms with E-state index in [1.54, 1.807) is 6.07 Å². The summed E-state index contributed by atoms with van der Waals surface area (Å²) in [6.07, 6.45) is 0. The summed E-state index contributed by atoms with van der Waals surface area (Å²) >= 11 is 0. The van der Waals surface area contributed by atoms with Gasteiger partial charge in [-0.15, -0.1) is 0 Å². The largest absolute Gasteiger partial charge is 0.292 e. The van der Waals surface area contributed by atoms with Crippen LogP contribution < -0.4 is 10.9 Å². The molecule has 26 heavy (non-hydrogen) atoms. The Bertz CT molecular complexity index is 1220. The standard InChI is InChI=1S/C20H17N5O/c1-11-8-9-15-13(3)22-19(23-17(15)10-11)25-20-21-12(2)14-6-4-5-7-16(14)18(26)24-20/h4-10H,1-3H3,(H,22,23,24,25,26). The first-order chi connectivity index (χ1) is 12.5. The topological polar surface area (TPSA) is 80.7 Å². The summed E-state index contributed by atoms with van der Waals surface area (Å²) in [7, 11) is 0. The summed E-state index contributed by atoms with van der Waals surface area (Å²) < 4.78 is 0. The summed E-state index contributed by atoms with van der Waals surface area (Å²) in [6, 6.07) is 13.4. The van der Waals surface area contributed by atoms with Gasteiger partial charge in [0.05, 0.1) is 16.6 Å². The van der Waals surface area contributed by atoms with Crippen LogP contribution in [0, 0.1) is 20.8 Å². The molecular weight excluding hydrogens is 326 g/mol. The molecule has 0 saturated heterocycles. The molecule has 0 atom stereocenters. The van der Waals surface area contributed by atoms with E-state index in [1.165, 1.54) is 0 Å². The van der Waals surface area contributed by atoms with Crippen LogP contribution in [0.4, 0.5) is 11.9 Å². The molecule has 0 aliphatic carbocycles. The highest BCUT2D eigenvalue weighted by Crippen LogP contribution is 2.20. The number of hydrogen-bond acceptors (Lipinski definition) is 6. The second-order valence-corrected chi connectivity index (χ2v) is 6.26. The lowest BCUT2D eigenvalue weighted by Gasteiger charge is -2.06. The van der Waals surface area contributed by atoms with Crippen molar-refractivity contribution in [3.8, 4) is 0 Å². The molecule has 2 aromatic heterocycles. The normalized spacial score (nSPS) is 11.0. The van der Waals surface area contributed by atoms with Gasteiger partial charge >= 0.3 is 0 Å². The van der Waals surface area contributed by atoms with Crippen molar-refractivity contribution in [1.29, 1.82) is 0 Å². The monoisotopic (exact) mass is 343 g/mol. The Morgan fingerprint density at radius 1 is 0.731 bits per heavy atom. The predicted octanol–water partition coefficient (Wildman–Crippen LogP) is 3.60. The average molecular weight is 343 g/mol. The minimum atomic E-state index is -0.336. The van der Waals surface area contributed by atoms with Crippen molar-refractivity contribution >= 4 is 33.6 Å². The molecule has 0 unspecified atom stereocenters. The van der Waals surface area contributed by atoms with Crippen LogP contribution in [0.15, 0.2) is 47.3 Å². The van der Waals surface area contributed by atoms with E-state index in [4.69, 9.17) is 0 Å². The van der Waals surface area contributed by atoms with E-state index in [2.05, 4.69) is 25.3 Å². The van der Waals surface area contributed by atoms with E-state index in [0.29, 0.717) is 17.0 Å². The molecule has 4 rings (SSSR count). The van der Waals surface area contributed by atoms with E-state index in [-0.39, 0.29) is 11.5 Å². The molecule has 0 spiro atoms. The molecule has 0 radical (unpaired) electrons. The van der Waals surface area contributed by atoms with Crippen LogP contribution in [0.5, 0.6) is 0 Å². The molecule has 6 heteroatoms. The minimum Gasteiger partial charge on any atom is -0.292 e. The van der Waals surface area contributed by atoms with Gasteiger partial charge in [-0.3, -0.25) is 10.1 Å². The number of nitrogens with one attached hydrogen (secondary N) is 1. The van der Waals surface area contributed by atoms with Gasteiger partial charge in [-0.1, -0.05) is 30.3 Å². The first-order valence-corrected chi connectivity index (χ1v) is 8.31. The lowest BCUT2D eigenvalue weighted by atomic mass is 10.1. The molecule has 1 N–H and O–H groups in total. The number of fused-ring (bicyclic) bond motifs is 2. The molecule has 6 nitrogen and oxygen atoms in total. The third-order valence-electron chi connectivity index (χ3n) is 4.29. The highest BCUT2D eigenvalue weighted by Gasteiger charge is 2.09. The number of aromatic nitrogens is 4. The zero-order valence-corrected chi connectivity index (χ0v) is 14.7. The van der Waals surface area contributed by atoms with Crippen molar-refractivity contribution in [2.45, 2.75) is 20.8 Å². The smallest absolute Gasteiger partial charge is 0.280 e. The quantitative estimate of drug-likeness (QED) is 0.599. The average Bonchev–Trinajstić information content (AvgIpc) is 2.72. The van der Waals surface area contributed by atoms with Crippen LogP contribution >= 0.6 is 0 Å². The fourth-order valence-corrected chi connectivity index (χ4v) is 3.00. The van der Waals surface area contributed by atoms with E-state index in [0.717, 1.165) is 27.5 Å². The summed E-state index contributed by atoms with van der Waals surface area (Å²) in [5.41, 5.74) is 3.18. The molecule has 0 bridgehead atoms. The van der Waals surface area contributed by atoms with Crippen molar-refractivity contribution in [1.82, 2.24) is 19.9 Å². The maximum Gasteiger partial charge on any atom is 0.280 e. The van der Waals surface area contributed by atoms with Gasteiger partial charge in [-0.2, -0.15) is 4.98 Å². The molecule has 0 amide bonds. The fraction of sp³-hybridized carbons (Fsp3) is 0.150. The molecule has 4 aromatic rings. The summed E-state index contributed by atoms with van der Waals surface area (Å²) in [6.45, 7) is 5.79.